The first-order valence-electron chi connectivity index (χ1n) is 8.87. The molecule has 1 amide bonds. The van der Waals surface area contributed by atoms with E-state index in [1.54, 1.807) is 11.0 Å². The fourth-order valence-electron chi connectivity index (χ4n) is 3.35. The average molecular weight is 366 g/mol. The minimum Gasteiger partial charge on any atom is -0.443 e. The van der Waals surface area contributed by atoms with Crippen LogP contribution in [0.4, 0.5) is 16.2 Å². The first-order valence-corrected chi connectivity index (χ1v) is 8.87. The predicted molar refractivity (Wildman–Crippen MR) is 102 cm³/mol. The number of amides is 1. The van der Waals surface area contributed by atoms with E-state index in [0.717, 1.165) is 42.3 Å². The number of aromatic amines is 1. The third kappa shape index (κ3) is 3.79. The monoisotopic (exact) mass is 366 g/mol. The molecule has 0 saturated heterocycles. The van der Waals surface area contributed by atoms with E-state index in [2.05, 4.69) is 31.3 Å². The van der Waals surface area contributed by atoms with Gasteiger partial charge in [-0.3, -0.25) is 10.00 Å². The highest BCUT2D eigenvalue weighted by Crippen LogP contribution is 2.31. The summed E-state index contributed by atoms with van der Waals surface area (Å²) < 4.78 is 7.03. The van der Waals surface area contributed by atoms with Gasteiger partial charge < -0.3 is 14.6 Å². The standard InChI is InChI=1S/C19H22N6O2/c1-13-7-17(24(2)23-13)11-27-19(26)22-15-4-3-14-5-6-25(18(14)8-15)10-16-9-20-12-21-16/h3-4,7-9,12H,5-6,10-11H2,1-2H3,(H,20,21)(H,22,26). The maximum atomic E-state index is 12.2. The number of benzene rings is 1. The van der Waals surface area contributed by atoms with E-state index in [9.17, 15) is 4.79 Å². The van der Waals surface area contributed by atoms with E-state index in [1.165, 1.54) is 5.56 Å². The molecular formula is C19H22N6O2. The van der Waals surface area contributed by atoms with Crippen LogP contribution in [0.2, 0.25) is 0 Å². The van der Waals surface area contributed by atoms with Crippen LogP contribution >= 0.6 is 0 Å². The van der Waals surface area contributed by atoms with Crippen molar-refractivity contribution in [3.8, 4) is 0 Å². The molecule has 2 N–H and O–H groups in total. The number of fused-ring (bicyclic) bond motifs is 1. The molecular weight excluding hydrogens is 344 g/mol. The number of aromatic nitrogens is 4. The Hall–Kier alpha value is -3.29. The van der Waals surface area contributed by atoms with Crippen molar-refractivity contribution >= 4 is 17.5 Å². The van der Waals surface area contributed by atoms with Gasteiger partial charge in [-0.25, -0.2) is 9.78 Å². The van der Waals surface area contributed by atoms with Gasteiger partial charge in [0.1, 0.15) is 6.61 Å². The number of hydrogen-bond acceptors (Lipinski definition) is 5. The number of nitrogens with zero attached hydrogens (tertiary/aromatic N) is 4. The minimum atomic E-state index is -0.481. The molecule has 0 saturated carbocycles. The van der Waals surface area contributed by atoms with Gasteiger partial charge in [-0.15, -0.1) is 0 Å². The molecule has 140 valence electrons. The van der Waals surface area contributed by atoms with Gasteiger partial charge in [0.05, 0.1) is 30.0 Å². The molecule has 8 heteroatoms. The van der Waals surface area contributed by atoms with Crippen molar-refractivity contribution in [1.82, 2.24) is 19.7 Å². The Kier molecular flexibility index (Phi) is 4.53. The highest BCUT2D eigenvalue weighted by molar-refractivity contribution is 5.86. The van der Waals surface area contributed by atoms with Gasteiger partial charge in [0.15, 0.2) is 0 Å². The van der Waals surface area contributed by atoms with Crippen molar-refractivity contribution in [3.63, 3.8) is 0 Å². The third-order valence-electron chi connectivity index (χ3n) is 4.68. The quantitative estimate of drug-likeness (QED) is 0.725. The van der Waals surface area contributed by atoms with Crippen LogP contribution in [-0.4, -0.2) is 32.4 Å². The summed E-state index contributed by atoms with van der Waals surface area (Å²) in [7, 11) is 1.83. The zero-order chi connectivity index (χ0) is 18.8. The van der Waals surface area contributed by atoms with Crippen molar-refractivity contribution in [3.05, 3.63) is 59.4 Å². The summed E-state index contributed by atoms with van der Waals surface area (Å²) in [6.45, 7) is 3.77. The number of H-pyrrole nitrogens is 1. The summed E-state index contributed by atoms with van der Waals surface area (Å²) in [5.41, 5.74) is 5.85. The molecule has 0 bridgehead atoms. The Labute approximate surface area is 157 Å². The lowest BCUT2D eigenvalue weighted by atomic mass is 10.1. The lowest BCUT2D eigenvalue weighted by molar-refractivity contribution is 0.152. The smallest absolute Gasteiger partial charge is 0.412 e. The van der Waals surface area contributed by atoms with Gasteiger partial charge in [-0.05, 0) is 37.1 Å². The first-order chi connectivity index (χ1) is 13.1. The maximum absolute atomic E-state index is 12.2. The zero-order valence-corrected chi connectivity index (χ0v) is 15.4. The number of carbonyl (C=O) groups excluding carboxylic acids is 1. The van der Waals surface area contributed by atoms with E-state index < -0.39 is 6.09 Å². The first kappa shape index (κ1) is 17.1. The predicted octanol–water partition coefficient (Wildman–Crippen LogP) is 2.76. The summed E-state index contributed by atoms with van der Waals surface area (Å²) in [5.74, 6) is 0. The molecule has 8 nitrogen and oxygen atoms in total. The van der Waals surface area contributed by atoms with Crippen molar-refractivity contribution in [2.45, 2.75) is 26.5 Å². The van der Waals surface area contributed by atoms with Crippen LogP contribution in [0, 0.1) is 6.92 Å². The zero-order valence-electron chi connectivity index (χ0n) is 15.4. The molecule has 1 aromatic carbocycles. The molecule has 0 radical (unpaired) electrons. The van der Waals surface area contributed by atoms with Crippen molar-refractivity contribution in [2.24, 2.45) is 7.05 Å². The van der Waals surface area contributed by atoms with E-state index in [1.807, 2.05) is 38.4 Å². The molecule has 0 fully saturated rings. The second kappa shape index (κ2) is 7.14. The van der Waals surface area contributed by atoms with E-state index in [0.29, 0.717) is 5.69 Å². The molecule has 27 heavy (non-hydrogen) atoms. The van der Waals surface area contributed by atoms with Crippen LogP contribution in [0.1, 0.15) is 22.6 Å². The Morgan fingerprint density at radius 2 is 2.26 bits per heavy atom. The highest BCUT2D eigenvalue weighted by atomic mass is 16.5. The average Bonchev–Trinajstić information content (AvgIpc) is 3.35. The highest BCUT2D eigenvalue weighted by Gasteiger charge is 2.20. The molecule has 4 rings (SSSR count). The van der Waals surface area contributed by atoms with Gasteiger partial charge in [0, 0.05) is 31.2 Å². The Balaban J connectivity index is 1.39. The van der Waals surface area contributed by atoms with Gasteiger partial charge in [0.25, 0.3) is 0 Å². The number of ether oxygens (including phenoxy) is 1. The van der Waals surface area contributed by atoms with Crippen LogP contribution in [0.5, 0.6) is 0 Å². The molecule has 2 aromatic heterocycles. The summed E-state index contributed by atoms with van der Waals surface area (Å²) in [6, 6.07) is 7.85. The molecule has 1 aliphatic heterocycles. The summed E-state index contributed by atoms with van der Waals surface area (Å²) in [5, 5.41) is 7.05. The molecule has 0 atom stereocenters. The fourth-order valence-corrected chi connectivity index (χ4v) is 3.35. The number of nitrogens with one attached hydrogen (secondary N) is 2. The molecule has 0 spiro atoms. The van der Waals surface area contributed by atoms with E-state index >= 15 is 0 Å². The number of carbonyl (C=O) groups is 1. The largest absolute Gasteiger partial charge is 0.443 e. The van der Waals surface area contributed by atoms with Crippen molar-refractivity contribution in [1.29, 1.82) is 0 Å². The summed E-state index contributed by atoms with van der Waals surface area (Å²) >= 11 is 0. The van der Waals surface area contributed by atoms with E-state index in [-0.39, 0.29) is 6.61 Å². The number of rotatable bonds is 5. The number of aryl methyl sites for hydroxylation is 2. The fraction of sp³-hybridized carbons (Fsp3) is 0.316. The molecule has 0 aliphatic carbocycles. The number of hydrogen-bond donors (Lipinski definition) is 2. The Morgan fingerprint density at radius 1 is 1.37 bits per heavy atom. The van der Waals surface area contributed by atoms with Crippen LogP contribution in [0.3, 0.4) is 0 Å². The van der Waals surface area contributed by atoms with Crippen molar-refractivity contribution in [2.75, 3.05) is 16.8 Å². The van der Waals surface area contributed by atoms with Crippen molar-refractivity contribution < 1.29 is 9.53 Å². The van der Waals surface area contributed by atoms with Crippen LogP contribution in [-0.2, 0) is 31.4 Å². The molecule has 3 aromatic rings. The summed E-state index contributed by atoms with van der Waals surface area (Å²) in [6.07, 6.45) is 4.09. The normalized spacial score (nSPS) is 12.9. The summed E-state index contributed by atoms with van der Waals surface area (Å²) in [4.78, 5) is 21.7. The second-order valence-electron chi connectivity index (χ2n) is 6.68. The van der Waals surface area contributed by atoms with Gasteiger partial charge in [-0.1, -0.05) is 6.07 Å². The number of imidazole rings is 1. The van der Waals surface area contributed by atoms with Gasteiger partial charge in [0.2, 0.25) is 0 Å². The maximum Gasteiger partial charge on any atom is 0.412 e. The number of anilines is 2. The lowest BCUT2D eigenvalue weighted by Gasteiger charge is -2.19. The lowest BCUT2D eigenvalue weighted by Crippen LogP contribution is -2.20. The third-order valence-corrected chi connectivity index (χ3v) is 4.68. The minimum absolute atomic E-state index is 0.180. The molecule has 3 heterocycles. The van der Waals surface area contributed by atoms with Crippen LogP contribution < -0.4 is 10.2 Å². The van der Waals surface area contributed by atoms with Crippen LogP contribution in [0.15, 0.2) is 36.8 Å². The van der Waals surface area contributed by atoms with Gasteiger partial charge in [-0.2, -0.15) is 5.10 Å². The Bertz CT molecular complexity index is 947. The molecule has 1 aliphatic rings. The second-order valence-corrected chi connectivity index (χ2v) is 6.68. The van der Waals surface area contributed by atoms with Gasteiger partial charge >= 0.3 is 6.09 Å². The SMILES string of the molecule is Cc1cc(COC(=O)Nc2ccc3c(c2)N(Cc2c[nH]cn2)CC3)n(C)n1. The topological polar surface area (TPSA) is 88.1 Å². The van der Waals surface area contributed by atoms with E-state index in [4.69, 9.17) is 4.74 Å². The Morgan fingerprint density at radius 3 is 3.00 bits per heavy atom. The molecule has 0 unspecified atom stereocenters. The van der Waals surface area contributed by atoms with Crippen LogP contribution in [0.25, 0.3) is 0 Å².